The zero-order valence-corrected chi connectivity index (χ0v) is 19.2. The summed E-state index contributed by atoms with van der Waals surface area (Å²) in [6.45, 7) is 6.51. The molecule has 1 N–H and O–H groups in total. The summed E-state index contributed by atoms with van der Waals surface area (Å²) < 4.78 is 32.0. The van der Waals surface area contributed by atoms with Gasteiger partial charge in [-0.05, 0) is 24.6 Å². The van der Waals surface area contributed by atoms with Gasteiger partial charge in [-0.3, -0.25) is 4.90 Å². The number of rotatable bonds is 8. The molecule has 4 rings (SSSR count). The first-order valence-electron chi connectivity index (χ1n) is 10.4. The highest BCUT2D eigenvalue weighted by atomic mass is 32.2. The fourth-order valence-electron chi connectivity index (χ4n) is 3.53. The molecule has 0 amide bonds. The second-order valence-corrected chi connectivity index (χ2v) is 10.2. The predicted octanol–water partition coefficient (Wildman–Crippen LogP) is 2.54. The summed E-state index contributed by atoms with van der Waals surface area (Å²) in [5.41, 5.74) is 2.25. The molecule has 9 heteroatoms. The monoisotopic (exact) mass is 457 g/mol. The van der Waals surface area contributed by atoms with Crippen molar-refractivity contribution in [1.29, 1.82) is 0 Å². The van der Waals surface area contributed by atoms with Gasteiger partial charge in [0.05, 0.1) is 4.90 Å². The molecular weight excluding hydrogens is 430 g/mol. The minimum Gasteiger partial charge on any atom is -0.344 e. The molecule has 1 aliphatic rings. The molecule has 0 saturated carbocycles. The number of aryl methyl sites for hydroxylation is 1. The van der Waals surface area contributed by atoms with E-state index in [1.165, 1.54) is 17.1 Å². The maximum absolute atomic E-state index is 12.4. The zero-order chi connectivity index (χ0) is 21.7. The molecule has 3 aromatic rings. The lowest BCUT2D eigenvalue weighted by Crippen LogP contribution is -2.48. The molecule has 1 saturated heterocycles. The number of nitrogens with zero attached hydrogens (tertiary/aromatic N) is 4. The third-order valence-corrected chi connectivity index (χ3v) is 7.65. The van der Waals surface area contributed by atoms with Gasteiger partial charge in [0.15, 0.2) is 0 Å². The van der Waals surface area contributed by atoms with Crippen LogP contribution in [0.3, 0.4) is 0 Å². The van der Waals surface area contributed by atoms with Crippen LogP contribution in [0, 0.1) is 6.92 Å². The van der Waals surface area contributed by atoms with E-state index in [9.17, 15) is 8.42 Å². The van der Waals surface area contributed by atoms with Crippen molar-refractivity contribution in [3.05, 3.63) is 71.5 Å². The summed E-state index contributed by atoms with van der Waals surface area (Å²) in [6.07, 6.45) is 0.748. The molecular formula is C22H27N5O2S2. The van der Waals surface area contributed by atoms with E-state index in [4.69, 9.17) is 4.98 Å². The molecule has 0 spiro atoms. The highest BCUT2D eigenvalue weighted by molar-refractivity contribution is 7.89. The van der Waals surface area contributed by atoms with Gasteiger partial charge in [0.2, 0.25) is 15.2 Å². The predicted molar refractivity (Wildman–Crippen MR) is 124 cm³/mol. The van der Waals surface area contributed by atoms with Crippen LogP contribution in [0.25, 0.3) is 0 Å². The summed E-state index contributed by atoms with van der Waals surface area (Å²) in [4.78, 5) is 9.56. The van der Waals surface area contributed by atoms with Gasteiger partial charge in [-0.1, -0.05) is 48.0 Å². The Morgan fingerprint density at radius 3 is 2.42 bits per heavy atom. The number of benzene rings is 2. The van der Waals surface area contributed by atoms with E-state index >= 15 is 0 Å². The van der Waals surface area contributed by atoms with Gasteiger partial charge in [0.25, 0.3) is 0 Å². The number of hydrogen-bond donors (Lipinski definition) is 1. The number of nitrogens with one attached hydrogen (secondary N) is 1. The van der Waals surface area contributed by atoms with Crippen LogP contribution in [0.5, 0.6) is 0 Å². The number of aromatic nitrogens is 2. The average Bonchev–Trinajstić information content (AvgIpc) is 3.23. The molecule has 0 atom stereocenters. The summed E-state index contributed by atoms with van der Waals surface area (Å²) >= 11 is 1.45. The average molecular weight is 458 g/mol. The highest BCUT2D eigenvalue weighted by Crippen LogP contribution is 2.20. The van der Waals surface area contributed by atoms with E-state index in [2.05, 4.69) is 31.0 Å². The first-order chi connectivity index (χ1) is 15.0. The molecule has 0 radical (unpaired) electrons. The molecule has 2 heterocycles. The Morgan fingerprint density at radius 2 is 1.71 bits per heavy atom. The zero-order valence-electron chi connectivity index (χ0n) is 17.6. The Morgan fingerprint density at radius 1 is 1.00 bits per heavy atom. The summed E-state index contributed by atoms with van der Waals surface area (Å²) in [5.74, 6) is 0.860. The van der Waals surface area contributed by atoms with Gasteiger partial charge < -0.3 is 4.90 Å². The largest absolute Gasteiger partial charge is 0.344 e. The van der Waals surface area contributed by atoms with Crippen molar-refractivity contribution in [1.82, 2.24) is 19.0 Å². The summed E-state index contributed by atoms with van der Waals surface area (Å²) in [6, 6.07) is 17.2. The van der Waals surface area contributed by atoms with Gasteiger partial charge in [0.1, 0.15) is 5.82 Å². The van der Waals surface area contributed by atoms with E-state index < -0.39 is 10.0 Å². The topological polar surface area (TPSA) is 78.4 Å². The van der Waals surface area contributed by atoms with Crippen molar-refractivity contribution < 1.29 is 8.42 Å². The SMILES string of the molecule is Cc1ccc(S(=O)(=O)NCCN2CCN(c3nc(Cc4ccccc4)ns3)CC2)cc1. The van der Waals surface area contributed by atoms with E-state index in [1.54, 1.807) is 12.1 Å². The van der Waals surface area contributed by atoms with E-state index in [0.29, 0.717) is 18.0 Å². The fourth-order valence-corrected chi connectivity index (χ4v) is 5.28. The van der Waals surface area contributed by atoms with Gasteiger partial charge in [-0.25, -0.2) is 18.1 Å². The normalized spacial score (nSPS) is 15.3. The van der Waals surface area contributed by atoms with Crippen LogP contribution in [0.4, 0.5) is 5.13 Å². The molecule has 0 bridgehead atoms. The molecule has 0 unspecified atom stereocenters. The minimum absolute atomic E-state index is 0.311. The number of hydrogen-bond acceptors (Lipinski definition) is 7. The second kappa shape index (κ2) is 9.86. The standard InChI is InChI=1S/C22H27N5O2S2/c1-18-7-9-20(10-8-18)31(28,29)23-11-12-26-13-15-27(16-14-26)22-24-21(25-30-22)17-19-5-3-2-4-6-19/h2-10,23H,11-17H2,1H3. The summed E-state index contributed by atoms with van der Waals surface area (Å²) in [7, 11) is -3.46. The van der Waals surface area contributed by atoms with Crippen LogP contribution in [0.1, 0.15) is 17.0 Å². The van der Waals surface area contributed by atoms with Crippen LogP contribution >= 0.6 is 11.5 Å². The lowest BCUT2D eigenvalue weighted by molar-refractivity contribution is 0.262. The number of piperazine rings is 1. The lowest BCUT2D eigenvalue weighted by atomic mass is 10.1. The van der Waals surface area contributed by atoms with Crippen molar-refractivity contribution in [2.75, 3.05) is 44.2 Å². The van der Waals surface area contributed by atoms with Crippen LogP contribution in [0.15, 0.2) is 59.5 Å². The van der Waals surface area contributed by atoms with Crippen molar-refractivity contribution in [2.24, 2.45) is 0 Å². The van der Waals surface area contributed by atoms with E-state index in [1.807, 2.05) is 37.3 Å². The molecule has 1 fully saturated rings. The minimum atomic E-state index is -3.46. The molecule has 164 valence electrons. The van der Waals surface area contributed by atoms with Crippen molar-refractivity contribution in [2.45, 2.75) is 18.2 Å². The van der Waals surface area contributed by atoms with Crippen LogP contribution in [0.2, 0.25) is 0 Å². The molecule has 7 nitrogen and oxygen atoms in total. The van der Waals surface area contributed by atoms with Crippen LogP contribution in [-0.2, 0) is 16.4 Å². The first-order valence-corrected chi connectivity index (χ1v) is 12.7. The van der Waals surface area contributed by atoms with Gasteiger partial charge in [-0.15, -0.1) is 0 Å². The quantitative estimate of drug-likeness (QED) is 0.560. The lowest BCUT2D eigenvalue weighted by Gasteiger charge is -2.34. The molecule has 31 heavy (non-hydrogen) atoms. The molecule has 0 aliphatic carbocycles. The second-order valence-electron chi connectivity index (χ2n) is 7.70. The Labute approximate surface area is 188 Å². The molecule has 2 aromatic carbocycles. The Balaban J connectivity index is 1.22. The first kappa shape index (κ1) is 21.9. The van der Waals surface area contributed by atoms with E-state index in [-0.39, 0.29) is 0 Å². The molecule has 1 aromatic heterocycles. The van der Waals surface area contributed by atoms with Crippen LogP contribution < -0.4 is 9.62 Å². The maximum atomic E-state index is 12.4. The third-order valence-electron chi connectivity index (χ3n) is 5.36. The number of sulfonamides is 1. The van der Waals surface area contributed by atoms with Gasteiger partial charge in [0, 0.05) is 57.2 Å². The van der Waals surface area contributed by atoms with Crippen LogP contribution in [-0.4, -0.2) is 61.9 Å². The molecule has 1 aliphatic heterocycles. The van der Waals surface area contributed by atoms with Crippen molar-refractivity contribution >= 4 is 26.7 Å². The van der Waals surface area contributed by atoms with Crippen molar-refractivity contribution in [3.63, 3.8) is 0 Å². The van der Waals surface area contributed by atoms with Gasteiger partial charge in [-0.2, -0.15) is 4.37 Å². The Bertz CT molecular complexity index is 1080. The van der Waals surface area contributed by atoms with E-state index in [0.717, 1.165) is 49.1 Å². The smallest absolute Gasteiger partial charge is 0.240 e. The van der Waals surface area contributed by atoms with Crippen molar-refractivity contribution in [3.8, 4) is 0 Å². The maximum Gasteiger partial charge on any atom is 0.240 e. The summed E-state index contributed by atoms with van der Waals surface area (Å²) in [5, 5.41) is 0.964. The Kier molecular flexibility index (Phi) is 6.96. The third kappa shape index (κ3) is 5.88. The fraction of sp³-hybridized carbons (Fsp3) is 0.364. The Hall–Kier alpha value is -2.33. The van der Waals surface area contributed by atoms with Gasteiger partial charge >= 0.3 is 0 Å². The number of anilines is 1. The highest BCUT2D eigenvalue weighted by Gasteiger charge is 2.21.